The number of hydrogen-bond donors (Lipinski definition) is 4. The lowest BCUT2D eigenvalue weighted by molar-refractivity contribution is -0.368. The quantitative estimate of drug-likeness (QED) is 0.0412. The number of quaternary nitrogens is 2. The van der Waals surface area contributed by atoms with E-state index in [1.165, 1.54) is 0 Å². The number of halogens is 2. The summed E-state index contributed by atoms with van der Waals surface area (Å²) in [5.74, 6) is -0.170. The highest BCUT2D eigenvalue weighted by Crippen LogP contribution is 2.45. The van der Waals surface area contributed by atoms with Gasteiger partial charge in [0.05, 0.1) is 26.3 Å². The second-order valence-electron chi connectivity index (χ2n) is 18.7. The first-order chi connectivity index (χ1) is 36.3. The third-order valence-corrected chi connectivity index (χ3v) is 13.4. The Bertz CT molecular complexity index is 2990. The van der Waals surface area contributed by atoms with Gasteiger partial charge in [0.2, 0.25) is 11.8 Å². The van der Waals surface area contributed by atoms with E-state index in [0.717, 1.165) is 104 Å². The van der Waals surface area contributed by atoms with E-state index in [1.54, 1.807) is 0 Å². The first-order valence-corrected chi connectivity index (χ1v) is 26.0. The molecule has 422 valence electrons. The number of nitrogens with one attached hydrogen (secondary N) is 2. The van der Waals surface area contributed by atoms with Crippen LogP contribution in [0.1, 0.15) is 90.2 Å². The Hall–Kier alpha value is -6.87. The maximum Gasteiger partial charge on any atom is 0.328 e. The van der Waals surface area contributed by atoms with Crippen molar-refractivity contribution in [1.82, 2.24) is 10.6 Å². The Balaban J connectivity index is 0.00000328. The monoisotopic (exact) mass is 1130 g/mol. The first-order valence-electron chi connectivity index (χ1n) is 26.0. The van der Waals surface area contributed by atoms with Crippen molar-refractivity contribution < 1.29 is 74.4 Å². The lowest BCUT2D eigenvalue weighted by Gasteiger charge is -2.20. The molecule has 8 aromatic carbocycles. The second kappa shape index (κ2) is 34.2. The summed E-state index contributed by atoms with van der Waals surface area (Å²) in [5, 5.41) is 14.0. The van der Waals surface area contributed by atoms with Gasteiger partial charge < -0.3 is 65.9 Å². The molecule has 0 aliphatic heterocycles. The van der Waals surface area contributed by atoms with Crippen LogP contribution >= 0.6 is 13.5 Å². The number of carbonyl (C=O) groups is 4. The number of benzene rings is 8. The minimum Gasteiger partial charge on any atom is -1.00 e. The van der Waals surface area contributed by atoms with Crippen LogP contribution in [0.25, 0.3) is 54.2 Å². The number of rotatable bonds is 27. The molecule has 0 spiro atoms. The van der Waals surface area contributed by atoms with Crippen LogP contribution in [-0.4, -0.2) is 62.1 Å². The molecule has 79 heavy (non-hydrogen) atoms. The highest BCUT2D eigenvalue weighted by Gasteiger charge is 2.25. The van der Waals surface area contributed by atoms with E-state index in [2.05, 4.69) is 46.4 Å². The Labute approximate surface area is 484 Å². The van der Waals surface area contributed by atoms with Gasteiger partial charge >= 0.3 is 11.9 Å². The summed E-state index contributed by atoms with van der Waals surface area (Å²) in [4.78, 5) is 53.9. The normalized spacial score (nSPS) is 11.3. The molecule has 15 heteroatoms. The van der Waals surface area contributed by atoms with Crippen molar-refractivity contribution in [3.05, 3.63) is 169 Å². The molecule has 8 N–H and O–H groups in total. The van der Waals surface area contributed by atoms with E-state index in [4.69, 9.17) is 18.9 Å². The van der Waals surface area contributed by atoms with Gasteiger partial charge in [0, 0.05) is 24.0 Å². The largest absolute Gasteiger partial charge is 1.00 e. The second-order valence-corrected chi connectivity index (χ2v) is 18.7. The van der Waals surface area contributed by atoms with Crippen LogP contribution < -0.4 is 56.4 Å². The standard InChI is InChI=1S/C62H66N4O8.2CH4.2ClH.H2S/c63-37-11-9-29-53(61(69)73-41-47-23-13-21-43-17-1-5-25-49(43)47)65-57(67)31-15-39-71-55-35-33-45-19-3-7-27-51(45)59(55)60-52-28-8-4-20-46(52)34-36-56(60)72-40-16-32-58(68)66-54(30-10-12-38-64)62(70)74-42-48-24-14-22-44-18-2-6-26-50(44)48;;;;;/h1-8,13-14,17-28,33-36,53-54H,9-12,15-16,29-32,37-42,63-64H2,(H,65,67)(H,66,68);2*1H4;2*1H;1H2/t53-,54-;;;;;/m1...../s1. The number of ether oxygens (including phenoxy) is 4. The Morgan fingerprint density at radius 3 is 1.14 bits per heavy atom. The molecule has 0 bridgehead atoms. The molecule has 0 saturated carbocycles. The van der Waals surface area contributed by atoms with E-state index >= 15 is 0 Å². The topological polar surface area (TPSA) is 185 Å². The predicted octanol–water partition coefficient (Wildman–Crippen LogP) is 4.96. The zero-order valence-electron chi connectivity index (χ0n) is 43.4. The highest BCUT2D eigenvalue weighted by molar-refractivity contribution is 7.59. The van der Waals surface area contributed by atoms with Crippen LogP contribution in [0.5, 0.6) is 11.5 Å². The predicted molar refractivity (Wildman–Crippen MR) is 315 cm³/mol. The smallest absolute Gasteiger partial charge is 0.328 e. The van der Waals surface area contributed by atoms with Gasteiger partial charge in [0.25, 0.3) is 0 Å². The van der Waals surface area contributed by atoms with E-state index in [-0.39, 0.29) is 104 Å². The SMILES string of the molecule is C.C.S.[Cl-].[Cl-].[NH3+]CCCC[C@@H](NC(=O)CCCOc1ccc2ccccc2c1-c1c(OCCCC(=O)N[C@H](CCCC[NH3+])C(=O)OCc2cccc3ccccc23)ccc2ccccc12)C(=O)OCc1cccc2ccccc12. The van der Waals surface area contributed by atoms with Crippen molar-refractivity contribution in [2.24, 2.45) is 0 Å². The van der Waals surface area contributed by atoms with Crippen LogP contribution in [0.15, 0.2) is 158 Å². The van der Waals surface area contributed by atoms with Crippen LogP contribution in [0, 0.1) is 0 Å². The van der Waals surface area contributed by atoms with E-state index in [0.29, 0.717) is 37.2 Å². The molecular weight excluding hydrogens is 1060 g/mol. The molecular formula is C64H78Cl2N4O8S. The first kappa shape index (κ1) is 66.4. The molecule has 0 heterocycles. The molecule has 2 atom stereocenters. The molecule has 8 aromatic rings. The fraction of sp³-hybridized carbons (Fsp3) is 0.312. The van der Waals surface area contributed by atoms with Crippen molar-refractivity contribution in [3.63, 3.8) is 0 Å². The van der Waals surface area contributed by atoms with Crippen LogP contribution in [0.3, 0.4) is 0 Å². The molecule has 0 aromatic heterocycles. The third-order valence-electron chi connectivity index (χ3n) is 13.4. The van der Waals surface area contributed by atoms with Gasteiger partial charge in [-0.15, -0.1) is 0 Å². The van der Waals surface area contributed by atoms with Crippen molar-refractivity contribution in [3.8, 4) is 22.6 Å². The fourth-order valence-electron chi connectivity index (χ4n) is 9.51. The van der Waals surface area contributed by atoms with Gasteiger partial charge in [-0.3, -0.25) is 9.59 Å². The van der Waals surface area contributed by atoms with E-state index < -0.39 is 24.0 Å². The molecule has 8 rings (SSSR count). The van der Waals surface area contributed by atoms with Gasteiger partial charge in [0.1, 0.15) is 36.8 Å². The van der Waals surface area contributed by atoms with Crippen LogP contribution in [0.4, 0.5) is 0 Å². The molecule has 2 amide bonds. The average molecular weight is 1130 g/mol. The molecule has 0 unspecified atom stereocenters. The minimum absolute atomic E-state index is 0. The maximum absolute atomic E-state index is 13.5. The number of amides is 2. The van der Waals surface area contributed by atoms with Crippen molar-refractivity contribution >= 4 is 80.3 Å². The lowest BCUT2D eigenvalue weighted by atomic mass is 9.92. The van der Waals surface area contributed by atoms with Crippen LogP contribution in [-0.2, 0) is 41.9 Å². The van der Waals surface area contributed by atoms with Crippen molar-refractivity contribution in [1.29, 1.82) is 0 Å². The minimum atomic E-state index is -0.780. The van der Waals surface area contributed by atoms with Crippen molar-refractivity contribution in [2.45, 2.75) is 104 Å². The number of fused-ring (bicyclic) bond motifs is 4. The van der Waals surface area contributed by atoms with Gasteiger partial charge in [-0.05, 0) is 118 Å². The molecule has 0 saturated heterocycles. The zero-order valence-corrected chi connectivity index (χ0v) is 45.9. The lowest BCUT2D eigenvalue weighted by Crippen LogP contribution is -3.00. The van der Waals surface area contributed by atoms with Crippen molar-refractivity contribution in [2.75, 3.05) is 26.3 Å². The molecule has 0 aliphatic rings. The summed E-state index contributed by atoms with van der Waals surface area (Å²) in [5.41, 5.74) is 11.4. The van der Waals surface area contributed by atoms with E-state index in [1.807, 2.05) is 133 Å². The third kappa shape index (κ3) is 18.1. The van der Waals surface area contributed by atoms with E-state index in [9.17, 15) is 19.2 Å². The highest BCUT2D eigenvalue weighted by atomic mass is 35.5. The molecule has 0 aliphatic carbocycles. The summed E-state index contributed by atoms with van der Waals surface area (Å²) < 4.78 is 24.8. The Morgan fingerprint density at radius 1 is 0.418 bits per heavy atom. The fourth-order valence-corrected chi connectivity index (χ4v) is 9.51. The molecule has 0 radical (unpaired) electrons. The summed E-state index contributed by atoms with van der Waals surface area (Å²) in [7, 11) is 0. The average Bonchev–Trinajstić information content (AvgIpc) is 3.45. The zero-order chi connectivity index (χ0) is 51.5. The van der Waals surface area contributed by atoms with Gasteiger partial charge in [0.15, 0.2) is 0 Å². The Morgan fingerprint density at radius 2 is 0.759 bits per heavy atom. The summed E-state index contributed by atoms with van der Waals surface area (Å²) in [6.07, 6.45) is 5.11. The summed E-state index contributed by atoms with van der Waals surface area (Å²) in [6, 6.07) is 50.4. The number of carbonyl (C=O) groups excluding carboxylic acids is 4. The maximum atomic E-state index is 13.5. The van der Waals surface area contributed by atoms with Gasteiger partial charge in [-0.1, -0.05) is 160 Å². The van der Waals surface area contributed by atoms with Crippen LogP contribution in [0.2, 0.25) is 0 Å². The van der Waals surface area contributed by atoms with Gasteiger partial charge in [-0.25, -0.2) is 9.59 Å². The number of esters is 2. The molecule has 12 nitrogen and oxygen atoms in total. The number of unbranched alkanes of at least 4 members (excludes halogenated alkanes) is 2. The summed E-state index contributed by atoms with van der Waals surface area (Å²) >= 11 is 0. The Kier molecular flexibility index (Phi) is 28.8. The van der Waals surface area contributed by atoms with Gasteiger partial charge in [-0.2, -0.15) is 13.5 Å². The summed E-state index contributed by atoms with van der Waals surface area (Å²) in [6.45, 7) is 2.16. The number of hydrogen-bond acceptors (Lipinski definition) is 8. The molecule has 0 fully saturated rings.